The van der Waals surface area contributed by atoms with Crippen LogP contribution in [0.1, 0.15) is 31.7 Å². The average Bonchev–Trinajstić information content (AvgIpc) is 3.31. The molecular formula is C29H30N8. The number of imidazole rings is 1. The van der Waals surface area contributed by atoms with E-state index in [0.717, 1.165) is 68.6 Å². The van der Waals surface area contributed by atoms with Gasteiger partial charge >= 0.3 is 0 Å². The van der Waals surface area contributed by atoms with Gasteiger partial charge in [0, 0.05) is 43.3 Å². The van der Waals surface area contributed by atoms with E-state index in [0.29, 0.717) is 12.3 Å². The van der Waals surface area contributed by atoms with Crippen molar-refractivity contribution >= 4 is 22.4 Å². The molecule has 0 bridgehead atoms. The Kier molecular flexibility index (Phi) is 6.89. The van der Waals surface area contributed by atoms with E-state index in [1.165, 1.54) is 0 Å². The highest BCUT2D eigenvalue weighted by Crippen LogP contribution is 2.28. The molecule has 5 aromatic heterocycles. The fourth-order valence-electron chi connectivity index (χ4n) is 4.36. The maximum Gasteiger partial charge on any atom is 0.116 e. The van der Waals surface area contributed by atoms with Gasteiger partial charge in [0.05, 0.1) is 40.7 Å². The minimum absolute atomic E-state index is 0.531. The van der Waals surface area contributed by atoms with Gasteiger partial charge in [-0.1, -0.05) is 26.5 Å². The van der Waals surface area contributed by atoms with Crippen molar-refractivity contribution in [3.63, 3.8) is 0 Å². The first-order valence-electron chi connectivity index (χ1n) is 12.3. The van der Waals surface area contributed by atoms with Crippen molar-refractivity contribution in [2.45, 2.75) is 26.7 Å². The molecule has 8 nitrogen and oxygen atoms in total. The lowest BCUT2D eigenvalue weighted by atomic mass is 10.1. The molecule has 0 atom stereocenters. The van der Waals surface area contributed by atoms with Gasteiger partial charge in [-0.05, 0) is 48.2 Å². The number of fused-ring (bicyclic) bond motifs is 1. The number of H-pyrrole nitrogens is 1. The first-order chi connectivity index (χ1) is 18.0. The smallest absolute Gasteiger partial charge is 0.116 e. The number of anilines is 2. The quantitative estimate of drug-likeness (QED) is 0.230. The molecule has 0 aliphatic carbocycles. The van der Waals surface area contributed by atoms with Crippen LogP contribution < -0.4 is 10.6 Å². The summed E-state index contributed by atoms with van der Waals surface area (Å²) in [6.07, 6.45) is 10.5. The van der Waals surface area contributed by atoms with Crippen LogP contribution in [0, 0.1) is 5.92 Å². The topological polar surface area (TPSA) is 104 Å². The molecule has 37 heavy (non-hydrogen) atoms. The number of hydrogen-bond donors (Lipinski definition) is 3. The van der Waals surface area contributed by atoms with Gasteiger partial charge in [-0.3, -0.25) is 19.9 Å². The minimum atomic E-state index is 0.531. The van der Waals surface area contributed by atoms with Gasteiger partial charge in [0.2, 0.25) is 0 Å². The Morgan fingerprint density at radius 3 is 2.68 bits per heavy atom. The molecule has 0 fully saturated rings. The Labute approximate surface area is 216 Å². The predicted molar refractivity (Wildman–Crippen MR) is 149 cm³/mol. The lowest BCUT2D eigenvalue weighted by Crippen LogP contribution is -2.03. The number of nitrogens with one attached hydrogen (secondary N) is 3. The minimum Gasteiger partial charge on any atom is -0.387 e. The fraction of sp³-hybridized carbons (Fsp3) is 0.207. The summed E-state index contributed by atoms with van der Waals surface area (Å²) in [5.41, 5.74) is 8.94. The molecule has 0 saturated carbocycles. The summed E-state index contributed by atoms with van der Waals surface area (Å²) in [7, 11) is 1.90. The van der Waals surface area contributed by atoms with Gasteiger partial charge < -0.3 is 15.6 Å². The molecule has 5 aromatic rings. The maximum atomic E-state index is 4.89. The molecular weight excluding hydrogens is 460 g/mol. The van der Waals surface area contributed by atoms with E-state index in [1.807, 2.05) is 43.7 Å². The molecule has 0 unspecified atom stereocenters. The molecule has 5 heterocycles. The van der Waals surface area contributed by atoms with Crippen LogP contribution in [0.3, 0.4) is 0 Å². The Bertz CT molecular complexity index is 1540. The molecule has 0 aliphatic rings. The first kappa shape index (κ1) is 24.1. The Balaban J connectivity index is 1.45. The largest absolute Gasteiger partial charge is 0.387 e. The summed E-state index contributed by atoms with van der Waals surface area (Å²) < 4.78 is 0. The van der Waals surface area contributed by atoms with E-state index < -0.39 is 0 Å². The lowest BCUT2D eigenvalue weighted by Gasteiger charge is -2.13. The Morgan fingerprint density at radius 2 is 1.89 bits per heavy atom. The van der Waals surface area contributed by atoms with Gasteiger partial charge in [0.25, 0.3) is 0 Å². The number of allylic oxidation sites excluding steroid dienone is 1. The molecule has 186 valence electrons. The average molecular weight is 491 g/mol. The zero-order valence-electron chi connectivity index (χ0n) is 21.3. The molecule has 0 spiro atoms. The monoisotopic (exact) mass is 490 g/mol. The van der Waals surface area contributed by atoms with E-state index in [1.54, 1.807) is 18.6 Å². The second kappa shape index (κ2) is 10.6. The highest BCUT2D eigenvalue weighted by Gasteiger charge is 2.14. The number of aromatic amines is 1. The fourth-order valence-corrected chi connectivity index (χ4v) is 4.36. The van der Waals surface area contributed by atoms with E-state index in [9.17, 15) is 0 Å². The number of nitrogens with zero attached hydrogens (tertiary/aromatic N) is 5. The van der Waals surface area contributed by atoms with Crippen LogP contribution >= 0.6 is 0 Å². The second-order valence-electron chi connectivity index (χ2n) is 9.40. The number of rotatable bonds is 9. The zero-order chi connectivity index (χ0) is 25.8. The van der Waals surface area contributed by atoms with Gasteiger partial charge in [0.15, 0.2) is 0 Å². The number of aromatic nitrogens is 6. The SMILES string of the molecule is C=C(CC(C)C)Nc1cncc(-c2cc(Cc3nc4c(-c5ccccn5)nccc4[nH]3)c(NC)cn2)c1. The van der Waals surface area contributed by atoms with Crippen molar-refractivity contribution < 1.29 is 0 Å². The van der Waals surface area contributed by atoms with E-state index in [4.69, 9.17) is 4.98 Å². The third-order valence-electron chi connectivity index (χ3n) is 5.98. The van der Waals surface area contributed by atoms with Gasteiger partial charge in [-0.15, -0.1) is 0 Å². The summed E-state index contributed by atoms with van der Waals surface area (Å²) in [4.78, 5) is 26.5. The van der Waals surface area contributed by atoms with Crippen molar-refractivity contribution in [1.29, 1.82) is 0 Å². The predicted octanol–water partition coefficient (Wildman–Crippen LogP) is 6.08. The Morgan fingerprint density at radius 1 is 1.00 bits per heavy atom. The van der Waals surface area contributed by atoms with E-state index in [2.05, 4.69) is 68.1 Å². The molecule has 0 amide bonds. The molecule has 3 N–H and O–H groups in total. The first-order valence-corrected chi connectivity index (χ1v) is 12.3. The maximum absolute atomic E-state index is 4.89. The van der Waals surface area contributed by atoms with Crippen LogP contribution in [0.4, 0.5) is 11.4 Å². The number of hydrogen-bond acceptors (Lipinski definition) is 7. The molecule has 8 heteroatoms. The Hall–Kier alpha value is -4.59. The van der Waals surface area contributed by atoms with Crippen LogP contribution in [0.2, 0.25) is 0 Å². The summed E-state index contributed by atoms with van der Waals surface area (Å²) in [6.45, 7) is 8.49. The lowest BCUT2D eigenvalue weighted by molar-refractivity contribution is 0.645. The summed E-state index contributed by atoms with van der Waals surface area (Å²) >= 11 is 0. The van der Waals surface area contributed by atoms with Crippen LogP contribution in [0.25, 0.3) is 33.7 Å². The molecule has 0 radical (unpaired) electrons. The van der Waals surface area contributed by atoms with Gasteiger partial charge in [-0.2, -0.15) is 0 Å². The summed E-state index contributed by atoms with van der Waals surface area (Å²) in [6, 6.07) is 11.9. The molecule has 0 aliphatic heterocycles. The standard InChI is InChI=1S/C29H30N8/c1-18(2)11-19(3)35-22-12-21(15-31-16-22)25-13-20(26(30-4)17-34-25)14-27-36-24-8-10-33-28(29(24)37-27)23-7-5-6-9-32-23/h5-10,12-13,15-18,30,35H,3,11,14H2,1-2,4H3,(H,36,37). The second-order valence-corrected chi connectivity index (χ2v) is 9.40. The normalized spacial score (nSPS) is 11.1. The van der Waals surface area contributed by atoms with Crippen LogP contribution in [0.15, 0.2) is 79.7 Å². The summed E-state index contributed by atoms with van der Waals surface area (Å²) in [5, 5.41) is 6.63. The van der Waals surface area contributed by atoms with Crippen LogP contribution in [0.5, 0.6) is 0 Å². The van der Waals surface area contributed by atoms with Crippen molar-refractivity contribution in [3.8, 4) is 22.6 Å². The van der Waals surface area contributed by atoms with Crippen molar-refractivity contribution in [2.75, 3.05) is 17.7 Å². The molecule has 0 aromatic carbocycles. The van der Waals surface area contributed by atoms with Gasteiger partial charge in [-0.25, -0.2) is 4.98 Å². The molecule has 0 saturated heterocycles. The third kappa shape index (κ3) is 5.48. The highest BCUT2D eigenvalue weighted by molar-refractivity contribution is 5.88. The summed E-state index contributed by atoms with van der Waals surface area (Å²) in [5.74, 6) is 1.37. The number of pyridine rings is 4. The van der Waals surface area contributed by atoms with Crippen LogP contribution in [-0.4, -0.2) is 37.0 Å². The zero-order valence-corrected chi connectivity index (χ0v) is 21.3. The van der Waals surface area contributed by atoms with E-state index >= 15 is 0 Å². The van der Waals surface area contributed by atoms with Crippen molar-refractivity contribution in [3.05, 3.63) is 91.0 Å². The highest BCUT2D eigenvalue weighted by atomic mass is 14.9. The van der Waals surface area contributed by atoms with E-state index in [-0.39, 0.29) is 0 Å². The third-order valence-corrected chi connectivity index (χ3v) is 5.98. The van der Waals surface area contributed by atoms with Gasteiger partial charge in [0.1, 0.15) is 17.0 Å². The molecule has 5 rings (SSSR count). The van der Waals surface area contributed by atoms with Crippen LogP contribution in [-0.2, 0) is 6.42 Å². The van der Waals surface area contributed by atoms with Crippen molar-refractivity contribution in [2.24, 2.45) is 5.92 Å². The van der Waals surface area contributed by atoms with Crippen molar-refractivity contribution in [1.82, 2.24) is 29.9 Å².